The van der Waals surface area contributed by atoms with Crippen molar-refractivity contribution >= 4 is 39.0 Å². The van der Waals surface area contributed by atoms with Crippen molar-refractivity contribution in [3.63, 3.8) is 0 Å². The zero-order valence-corrected chi connectivity index (χ0v) is 19.7. The lowest BCUT2D eigenvalue weighted by atomic mass is 10.1. The van der Waals surface area contributed by atoms with Crippen molar-refractivity contribution in [2.75, 3.05) is 34.2 Å². The Labute approximate surface area is 198 Å². The van der Waals surface area contributed by atoms with E-state index in [2.05, 4.69) is 5.32 Å². The summed E-state index contributed by atoms with van der Waals surface area (Å²) < 4.78 is 33.6. The molecule has 0 aliphatic carbocycles. The third-order valence-electron chi connectivity index (χ3n) is 5.39. The van der Waals surface area contributed by atoms with Crippen molar-refractivity contribution in [1.29, 1.82) is 0 Å². The maximum atomic E-state index is 13.5. The largest absolute Gasteiger partial charge is 0.423 e. The monoisotopic (exact) mass is 479 g/mol. The maximum absolute atomic E-state index is 13.5. The molecule has 3 aromatic carbocycles. The minimum atomic E-state index is -3.94. The van der Waals surface area contributed by atoms with Crippen LogP contribution in [0.2, 0.25) is 0 Å². The number of carbonyl (C=O) groups is 2. The fraction of sp³-hybridized carbons (Fsp3) is 0.200. The van der Waals surface area contributed by atoms with E-state index in [1.54, 1.807) is 66.4 Å². The van der Waals surface area contributed by atoms with Gasteiger partial charge < -0.3 is 15.0 Å². The average Bonchev–Trinajstić information content (AvgIpc) is 2.80. The number of hydrogen-bond donors (Lipinski definition) is 1. The highest BCUT2D eigenvalue weighted by atomic mass is 32.2. The van der Waals surface area contributed by atoms with Gasteiger partial charge in [-0.05, 0) is 55.8 Å². The maximum Gasteiger partial charge on any atom is 0.331 e. The highest BCUT2D eigenvalue weighted by Gasteiger charge is 2.29. The topological polar surface area (TPSA) is 96.0 Å². The molecule has 1 amide bonds. The van der Waals surface area contributed by atoms with Gasteiger partial charge in [-0.25, -0.2) is 13.2 Å². The van der Waals surface area contributed by atoms with Crippen LogP contribution >= 0.6 is 0 Å². The molecule has 0 fully saturated rings. The number of esters is 1. The minimum Gasteiger partial charge on any atom is -0.423 e. The van der Waals surface area contributed by atoms with Crippen molar-refractivity contribution in [3.05, 3.63) is 78.4 Å². The minimum absolute atomic E-state index is 0.0110. The molecule has 3 aromatic rings. The lowest BCUT2D eigenvalue weighted by Crippen LogP contribution is -2.41. The molecule has 176 valence electrons. The number of sulfonamides is 1. The van der Waals surface area contributed by atoms with Gasteiger partial charge >= 0.3 is 5.97 Å². The van der Waals surface area contributed by atoms with Crippen LogP contribution in [0.15, 0.2) is 77.7 Å². The number of carbonyl (C=O) groups excluding carboxylic acids is 2. The van der Waals surface area contributed by atoms with Crippen LogP contribution in [-0.2, 0) is 19.6 Å². The number of nitrogens with zero attached hydrogens (tertiary/aromatic N) is 2. The van der Waals surface area contributed by atoms with Crippen LogP contribution in [-0.4, -0.2) is 39.9 Å². The van der Waals surface area contributed by atoms with Crippen molar-refractivity contribution in [2.45, 2.75) is 18.7 Å². The number of anilines is 3. The quantitative estimate of drug-likeness (QED) is 0.411. The van der Waals surface area contributed by atoms with Crippen molar-refractivity contribution < 1.29 is 22.7 Å². The summed E-state index contributed by atoms with van der Waals surface area (Å²) in [5, 5.41) is 2.71. The van der Waals surface area contributed by atoms with Gasteiger partial charge in [-0.1, -0.05) is 36.4 Å². The number of aryl methyl sites for hydroxylation is 1. The van der Waals surface area contributed by atoms with Crippen LogP contribution < -0.4 is 19.3 Å². The summed E-state index contributed by atoms with van der Waals surface area (Å²) in [5.74, 6) is -0.518. The lowest BCUT2D eigenvalue weighted by molar-refractivity contribution is -0.133. The molecule has 0 radical (unpaired) electrons. The Bertz CT molecular complexity index is 1330. The van der Waals surface area contributed by atoms with Crippen LogP contribution in [0.5, 0.6) is 5.75 Å². The molecule has 1 heterocycles. The molecule has 0 saturated carbocycles. The second kappa shape index (κ2) is 9.56. The van der Waals surface area contributed by atoms with Gasteiger partial charge in [0.2, 0.25) is 5.91 Å². The van der Waals surface area contributed by atoms with Gasteiger partial charge in [-0.3, -0.25) is 9.10 Å². The zero-order valence-electron chi connectivity index (χ0n) is 18.9. The number of fused-ring (bicyclic) bond motifs is 1. The van der Waals surface area contributed by atoms with E-state index in [-0.39, 0.29) is 30.2 Å². The fourth-order valence-corrected chi connectivity index (χ4v) is 5.49. The predicted octanol–water partition coefficient (Wildman–Crippen LogP) is 3.57. The second-order valence-electron chi connectivity index (χ2n) is 7.85. The third-order valence-corrected chi connectivity index (χ3v) is 7.36. The highest BCUT2D eigenvalue weighted by molar-refractivity contribution is 7.93. The number of para-hydroxylation sites is 2. The van der Waals surface area contributed by atoms with Gasteiger partial charge in [0, 0.05) is 6.54 Å². The van der Waals surface area contributed by atoms with Crippen LogP contribution in [0.1, 0.15) is 12.5 Å². The normalized spacial score (nSPS) is 13.1. The first-order chi connectivity index (χ1) is 16.3. The molecule has 4 rings (SSSR count). The molecule has 0 saturated heterocycles. The molecule has 9 heteroatoms. The molecule has 0 aromatic heterocycles. The summed E-state index contributed by atoms with van der Waals surface area (Å²) in [6, 6.07) is 20.5. The van der Waals surface area contributed by atoms with Crippen LogP contribution in [0.4, 0.5) is 17.1 Å². The van der Waals surface area contributed by atoms with Crippen LogP contribution in [0.25, 0.3) is 0 Å². The molecule has 0 spiro atoms. The number of benzene rings is 3. The molecular weight excluding hydrogens is 454 g/mol. The number of ether oxygens (including phenoxy) is 1. The van der Waals surface area contributed by atoms with E-state index in [9.17, 15) is 18.0 Å². The standard InChI is InChI=1S/C25H25N3O5S/c1-3-28(19-9-5-4-6-10-19)34(31,32)23-12-8-7-11-20(23)26-24(29)16-27-17-25(30)33-22-15-18(2)13-14-21(22)27/h4-15H,3,16-17H2,1-2H3,(H,26,29). The van der Waals surface area contributed by atoms with E-state index >= 15 is 0 Å². The third kappa shape index (κ3) is 4.74. The molecule has 1 N–H and O–H groups in total. The van der Waals surface area contributed by atoms with Gasteiger partial charge in [0.25, 0.3) is 10.0 Å². The lowest BCUT2D eigenvalue weighted by Gasteiger charge is -2.29. The second-order valence-corrected chi connectivity index (χ2v) is 9.68. The van der Waals surface area contributed by atoms with E-state index in [0.29, 0.717) is 17.1 Å². The molecule has 8 nitrogen and oxygen atoms in total. The Kier molecular flexibility index (Phi) is 6.56. The van der Waals surface area contributed by atoms with Crippen LogP contribution in [0.3, 0.4) is 0 Å². The molecule has 1 aliphatic heterocycles. The Morgan fingerprint density at radius 1 is 1.06 bits per heavy atom. The summed E-state index contributed by atoms with van der Waals surface area (Å²) in [7, 11) is -3.94. The Balaban J connectivity index is 1.58. The summed E-state index contributed by atoms with van der Waals surface area (Å²) >= 11 is 0. The molecule has 0 atom stereocenters. The number of nitrogens with one attached hydrogen (secondary N) is 1. The van der Waals surface area contributed by atoms with Crippen molar-refractivity contribution in [3.8, 4) is 5.75 Å². The molecular formula is C25H25N3O5S. The van der Waals surface area contributed by atoms with Gasteiger partial charge in [0.05, 0.1) is 23.6 Å². The van der Waals surface area contributed by atoms with E-state index in [0.717, 1.165) is 5.56 Å². The van der Waals surface area contributed by atoms with Gasteiger partial charge in [0.1, 0.15) is 11.4 Å². The summed E-state index contributed by atoms with van der Waals surface area (Å²) in [4.78, 5) is 26.6. The van der Waals surface area contributed by atoms with E-state index < -0.39 is 21.9 Å². The van der Waals surface area contributed by atoms with Gasteiger partial charge in [0.15, 0.2) is 5.75 Å². The number of hydrogen-bond acceptors (Lipinski definition) is 6. The molecule has 0 unspecified atom stereocenters. The number of amides is 1. The fourth-order valence-electron chi connectivity index (χ4n) is 3.86. The van der Waals surface area contributed by atoms with Crippen molar-refractivity contribution in [1.82, 2.24) is 0 Å². The van der Waals surface area contributed by atoms with Crippen LogP contribution in [0, 0.1) is 6.92 Å². The first-order valence-electron chi connectivity index (χ1n) is 10.8. The molecule has 1 aliphatic rings. The Morgan fingerprint density at radius 2 is 1.76 bits per heavy atom. The summed E-state index contributed by atoms with van der Waals surface area (Å²) in [5.41, 5.74) is 2.26. The highest BCUT2D eigenvalue weighted by Crippen LogP contribution is 2.33. The predicted molar refractivity (Wildman–Crippen MR) is 131 cm³/mol. The summed E-state index contributed by atoms with van der Waals surface area (Å²) in [6.45, 7) is 3.63. The van der Waals surface area contributed by atoms with E-state index in [4.69, 9.17) is 4.74 Å². The Morgan fingerprint density at radius 3 is 2.50 bits per heavy atom. The zero-order chi connectivity index (χ0) is 24.3. The average molecular weight is 480 g/mol. The first-order valence-corrected chi connectivity index (χ1v) is 12.3. The first kappa shape index (κ1) is 23.3. The molecule has 0 bridgehead atoms. The smallest absolute Gasteiger partial charge is 0.331 e. The van der Waals surface area contributed by atoms with Crippen molar-refractivity contribution in [2.24, 2.45) is 0 Å². The summed E-state index contributed by atoms with van der Waals surface area (Å²) in [6.07, 6.45) is 0. The van der Waals surface area contributed by atoms with E-state index in [1.165, 1.54) is 10.4 Å². The molecule has 34 heavy (non-hydrogen) atoms. The SMILES string of the molecule is CCN(c1ccccc1)S(=O)(=O)c1ccccc1NC(=O)CN1CC(=O)Oc2cc(C)ccc21. The van der Waals surface area contributed by atoms with Gasteiger partial charge in [-0.15, -0.1) is 0 Å². The van der Waals surface area contributed by atoms with E-state index in [1.807, 2.05) is 19.1 Å². The number of rotatable bonds is 7. The Hall–Kier alpha value is -3.85. The van der Waals surface area contributed by atoms with Gasteiger partial charge in [-0.2, -0.15) is 0 Å².